The third-order valence-corrected chi connectivity index (χ3v) is 2.44. The van der Waals surface area contributed by atoms with E-state index in [2.05, 4.69) is 33.5 Å². The minimum absolute atomic E-state index is 0.506. The molecule has 0 radical (unpaired) electrons. The number of hydrogen-bond acceptors (Lipinski definition) is 1. The van der Waals surface area contributed by atoms with Crippen molar-refractivity contribution in [3.05, 3.63) is 29.0 Å². The van der Waals surface area contributed by atoms with Crippen LogP contribution in [-0.2, 0) is 6.54 Å². The Morgan fingerprint density at radius 3 is 2.81 bits per heavy atom. The molecule has 0 aliphatic heterocycles. The summed E-state index contributed by atoms with van der Waals surface area (Å²) in [4.78, 5) is 6.11. The molecule has 0 unspecified atom stereocenters. The first-order valence-electron chi connectivity index (χ1n) is 5.08. The molecule has 1 aromatic rings. The molecule has 1 rings (SSSR count). The molecule has 0 aliphatic rings. The van der Waals surface area contributed by atoms with Crippen molar-refractivity contribution in [2.75, 3.05) is 13.6 Å². The van der Waals surface area contributed by atoms with Gasteiger partial charge in [0.2, 0.25) is 0 Å². The van der Waals surface area contributed by atoms with Gasteiger partial charge in [0.15, 0.2) is 0 Å². The predicted octanol–water partition coefficient (Wildman–Crippen LogP) is 0.900. The third kappa shape index (κ3) is 3.26. The number of hydrogen-bond donors (Lipinski definition) is 1. The Morgan fingerprint density at radius 1 is 1.62 bits per heavy atom. The van der Waals surface area contributed by atoms with Crippen molar-refractivity contribution >= 4 is 24.3 Å². The summed E-state index contributed by atoms with van der Waals surface area (Å²) in [5, 5.41) is 3.51. The highest BCUT2D eigenvalue weighted by atomic mass is 35.5. The van der Waals surface area contributed by atoms with Gasteiger partial charge in [-0.15, -0.1) is 0 Å². The Balaban J connectivity index is 2.77. The number of halogens is 1. The van der Waals surface area contributed by atoms with Crippen molar-refractivity contribution in [3.63, 3.8) is 0 Å². The Labute approximate surface area is 101 Å². The highest BCUT2D eigenvalue weighted by Crippen LogP contribution is 2.07. The Morgan fingerprint density at radius 2 is 2.38 bits per heavy atom. The Bertz CT molecular complexity index is 381. The van der Waals surface area contributed by atoms with Crippen LogP contribution >= 0.6 is 11.6 Å². The lowest BCUT2D eigenvalue weighted by atomic mass is 10.2. The fourth-order valence-corrected chi connectivity index (χ4v) is 1.51. The van der Waals surface area contributed by atoms with E-state index in [1.807, 2.05) is 13.1 Å². The normalized spacial score (nSPS) is 9.44. The van der Waals surface area contributed by atoms with Gasteiger partial charge in [0, 0.05) is 11.8 Å². The molecule has 1 heterocycles. The van der Waals surface area contributed by atoms with Gasteiger partial charge in [-0.3, -0.25) is 9.98 Å². The summed E-state index contributed by atoms with van der Waals surface area (Å²) in [7, 11) is 1.83. The summed E-state index contributed by atoms with van der Waals surface area (Å²) in [5.74, 6) is 0.762. The third-order valence-electron chi connectivity index (χ3n) is 2.22. The largest absolute Gasteiger partial charge is 0.440 e. The molecule has 0 aliphatic carbocycles. The summed E-state index contributed by atoms with van der Waals surface area (Å²) in [6.07, 6.45) is 1.77. The average Bonchev–Trinajstić information content (AvgIpc) is 2.32. The van der Waals surface area contributed by atoms with Crippen LogP contribution in [0.2, 0.25) is 5.15 Å². The van der Waals surface area contributed by atoms with Gasteiger partial charge in [-0.05, 0) is 13.0 Å². The summed E-state index contributed by atoms with van der Waals surface area (Å²) in [6, 6.07) is 3.74. The van der Waals surface area contributed by atoms with Gasteiger partial charge >= 0.3 is 5.96 Å². The topological polar surface area (TPSA) is 42.3 Å². The van der Waals surface area contributed by atoms with Gasteiger partial charge in [0.1, 0.15) is 11.9 Å². The quantitative estimate of drug-likeness (QED) is 0.369. The maximum atomic E-state index is 5.73. The molecule has 0 spiro atoms. The molecular weight excluding hydrogens is 224 g/mol. The highest BCUT2D eigenvalue weighted by molar-refractivity contribution is 6.29. The number of guanidine groups is 1. The van der Waals surface area contributed by atoms with Gasteiger partial charge in [-0.25, -0.2) is 9.88 Å². The lowest BCUT2D eigenvalue weighted by molar-refractivity contribution is 0.421. The van der Waals surface area contributed by atoms with E-state index in [1.54, 1.807) is 12.3 Å². The minimum Gasteiger partial charge on any atom is -0.266 e. The highest BCUT2D eigenvalue weighted by Gasteiger charge is 2.16. The van der Waals surface area contributed by atoms with Crippen molar-refractivity contribution < 1.29 is 0 Å². The molecule has 1 aromatic heterocycles. The summed E-state index contributed by atoms with van der Waals surface area (Å²) < 4.78 is 3.93. The fourth-order valence-electron chi connectivity index (χ4n) is 1.39. The van der Waals surface area contributed by atoms with Crippen LogP contribution in [0.25, 0.3) is 0 Å². The van der Waals surface area contributed by atoms with E-state index < -0.39 is 0 Å². The molecule has 0 saturated heterocycles. The van der Waals surface area contributed by atoms with Crippen molar-refractivity contribution in [3.8, 4) is 0 Å². The van der Waals surface area contributed by atoms with E-state index in [-0.39, 0.29) is 0 Å². The maximum absolute atomic E-state index is 5.73. The van der Waals surface area contributed by atoms with Crippen LogP contribution in [0, 0.1) is 0 Å². The molecule has 16 heavy (non-hydrogen) atoms. The summed E-state index contributed by atoms with van der Waals surface area (Å²) in [5.41, 5.74) is 1.09. The number of pyridine rings is 1. The summed E-state index contributed by atoms with van der Waals surface area (Å²) in [6.45, 7) is 7.17. The van der Waals surface area contributed by atoms with Crippen LogP contribution in [-0.4, -0.2) is 36.2 Å². The Kier molecular flexibility index (Phi) is 4.83. The molecule has 0 bridgehead atoms. The van der Waals surface area contributed by atoms with Gasteiger partial charge < -0.3 is 0 Å². The lowest BCUT2D eigenvalue weighted by Crippen LogP contribution is -2.40. The minimum atomic E-state index is 0.506. The number of rotatable bonds is 3. The zero-order chi connectivity index (χ0) is 12.0. The first-order chi connectivity index (χ1) is 7.71. The average molecular weight is 240 g/mol. The molecule has 0 aromatic carbocycles. The van der Waals surface area contributed by atoms with Crippen LogP contribution in [0.15, 0.2) is 18.3 Å². The van der Waals surface area contributed by atoms with Crippen LogP contribution in [0.1, 0.15) is 12.5 Å². The van der Waals surface area contributed by atoms with E-state index in [1.165, 1.54) is 0 Å². The molecule has 0 fully saturated rings. The van der Waals surface area contributed by atoms with Crippen LogP contribution < -0.4 is 9.98 Å². The summed E-state index contributed by atoms with van der Waals surface area (Å²) >= 11 is 5.73. The SMILES string of the molecule is C=[N+]=C(NC)N(CC)Cc1ccc(Cl)nc1. The van der Waals surface area contributed by atoms with Crippen molar-refractivity contribution in [1.29, 1.82) is 0 Å². The molecule has 86 valence electrons. The second-order valence-electron chi connectivity index (χ2n) is 3.24. The first kappa shape index (κ1) is 12.6. The maximum Gasteiger partial charge on any atom is 0.440 e. The molecule has 4 nitrogen and oxygen atoms in total. The van der Waals surface area contributed by atoms with E-state index >= 15 is 0 Å². The van der Waals surface area contributed by atoms with Crippen LogP contribution in [0.3, 0.4) is 0 Å². The van der Waals surface area contributed by atoms with Crippen LogP contribution in [0.4, 0.5) is 0 Å². The smallest absolute Gasteiger partial charge is 0.266 e. The Hall–Kier alpha value is -1.51. The van der Waals surface area contributed by atoms with Crippen molar-refractivity contribution in [2.24, 2.45) is 0 Å². The predicted molar refractivity (Wildman–Crippen MR) is 68.7 cm³/mol. The molecule has 5 heteroatoms. The fraction of sp³-hybridized carbons (Fsp3) is 0.364. The number of nitrogens with one attached hydrogen (secondary N) is 1. The first-order valence-corrected chi connectivity index (χ1v) is 5.45. The van der Waals surface area contributed by atoms with Gasteiger partial charge in [-0.1, -0.05) is 17.7 Å². The van der Waals surface area contributed by atoms with E-state index in [0.717, 1.165) is 24.6 Å². The zero-order valence-corrected chi connectivity index (χ0v) is 10.3. The van der Waals surface area contributed by atoms with Gasteiger partial charge in [0.05, 0.1) is 20.1 Å². The number of aromatic nitrogens is 1. The van der Waals surface area contributed by atoms with Gasteiger partial charge in [0.25, 0.3) is 0 Å². The molecule has 1 N–H and O–H groups in total. The van der Waals surface area contributed by atoms with Crippen molar-refractivity contribution in [1.82, 2.24) is 19.9 Å². The standard InChI is InChI=1S/C11H15ClN4/c1-4-16(11(13-2)14-3)8-9-5-6-10(12)15-7-9/h5-7H,2,4,8H2,1,3H3/p+1. The lowest BCUT2D eigenvalue weighted by Gasteiger charge is -2.14. The van der Waals surface area contributed by atoms with Crippen LogP contribution in [0.5, 0.6) is 0 Å². The second-order valence-corrected chi connectivity index (χ2v) is 3.62. The zero-order valence-electron chi connectivity index (χ0n) is 9.57. The second kappa shape index (κ2) is 6.16. The molecule has 0 saturated carbocycles. The monoisotopic (exact) mass is 239 g/mol. The molecule has 0 amide bonds. The van der Waals surface area contributed by atoms with Crippen molar-refractivity contribution in [2.45, 2.75) is 13.5 Å². The molecule has 0 atom stereocenters. The van der Waals surface area contributed by atoms with E-state index in [0.29, 0.717) is 5.15 Å². The number of nitrogens with zero attached hydrogens (tertiary/aromatic N) is 3. The van der Waals surface area contributed by atoms with Gasteiger partial charge in [-0.2, -0.15) is 0 Å². The van der Waals surface area contributed by atoms with E-state index in [4.69, 9.17) is 11.6 Å². The molecular formula is C11H16ClN4+. The van der Waals surface area contributed by atoms with E-state index in [9.17, 15) is 0 Å².